The van der Waals surface area contributed by atoms with Crippen LogP contribution < -0.4 is 5.73 Å². The Morgan fingerprint density at radius 3 is 3.00 bits per heavy atom. The molecular formula is C11H13ClN4. The van der Waals surface area contributed by atoms with Crippen LogP contribution in [0, 0.1) is 0 Å². The Morgan fingerprint density at radius 2 is 2.25 bits per heavy atom. The summed E-state index contributed by atoms with van der Waals surface area (Å²) in [5, 5.41) is 8.75. The average Bonchev–Trinajstić information content (AvgIpc) is 2.71. The molecule has 0 unspecified atom stereocenters. The molecule has 0 aliphatic carbocycles. The van der Waals surface area contributed by atoms with Gasteiger partial charge in [-0.1, -0.05) is 23.7 Å². The first-order valence-corrected chi connectivity index (χ1v) is 5.54. The summed E-state index contributed by atoms with van der Waals surface area (Å²) in [5.74, 6) is 0. The molecule has 2 rings (SSSR count). The lowest BCUT2D eigenvalue weighted by Crippen LogP contribution is -1.96. The van der Waals surface area contributed by atoms with Crippen molar-refractivity contribution < 1.29 is 0 Å². The third-order valence-electron chi connectivity index (χ3n) is 2.28. The molecule has 2 N–H and O–H groups in total. The Bertz CT molecular complexity index is 492. The van der Waals surface area contributed by atoms with Gasteiger partial charge in [0.15, 0.2) is 0 Å². The maximum Gasteiger partial charge on any atom is 0.115 e. The van der Waals surface area contributed by atoms with E-state index >= 15 is 0 Å². The highest BCUT2D eigenvalue weighted by atomic mass is 35.5. The molecule has 0 aliphatic heterocycles. The van der Waals surface area contributed by atoms with Crippen LogP contribution in [-0.2, 0) is 6.54 Å². The van der Waals surface area contributed by atoms with Crippen LogP contribution in [0.5, 0.6) is 0 Å². The fraction of sp³-hybridized carbons (Fsp3) is 0.273. The molecule has 5 heteroatoms. The lowest BCUT2D eigenvalue weighted by Gasteiger charge is -2.01. The molecular weight excluding hydrogens is 224 g/mol. The number of nitrogen functional groups attached to an aromatic ring is 1. The topological polar surface area (TPSA) is 56.7 Å². The Labute approximate surface area is 99.0 Å². The monoisotopic (exact) mass is 236 g/mol. The van der Waals surface area contributed by atoms with E-state index in [0.29, 0.717) is 10.7 Å². The van der Waals surface area contributed by atoms with Crippen LogP contribution in [0.1, 0.15) is 13.3 Å². The Kier molecular flexibility index (Phi) is 3.10. The van der Waals surface area contributed by atoms with Crippen molar-refractivity contribution in [2.45, 2.75) is 19.9 Å². The molecule has 0 fully saturated rings. The van der Waals surface area contributed by atoms with Crippen LogP contribution in [0.4, 0.5) is 5.69 Å². The predicted molar refractivity (Wildman–Crippen MR) is 65.2 cm³/mol. The molecule has 1 aromatic carbocycles. The van der Waals surface area contributed by atoms with Crippen molar-refractivity contribution in [3.05, 3.63) is 29.4 Å². The van der Waals surface area contributed by atoms with E-state index in [1.165, 1.54) is 0 Å². The molecule has 0 saturated carbocycles. The number of anilines is 1. The third-order valence-corrected chi connectivity index (χ3v) is 2.52. The van der Waals surface area contributed by atoms with E-state index < -0.39 is 0 Å². The quantitative estimate of drug-likeness (QED) is 0.834. The summed E-state index contributed by atoms with van der Waals surface area (Å²) in [5.41, 5.74) is 8.12. The summed E-state index contributed by atoms with van der Waals surface area (Å²) in [6.45, 7) is 2.95. The van der Waals surface area contributed by atoms with Crippen LogP contribution in [-0.4, -0.2) is 15.0 Å². The van der Waals surface area contributed by atoms with Gasteiger partial charge >= 0.3 is 0 Å². The zero-order valence-corrected chi connectivity index (χ0v) is 9.78. The van der Waals surface area contributed by atoms with Crippen molar-refractivity contribution in [3.63, 3.8) is 0 Å². The van der Waals surface area contributed by atoms with Gasteiger partial charge in [0.1, 0.15) is 5.69 Å². The number of hydrogen-bond donors (Lipinski definition) is 1. The highest BCUT2D eigenvalue weighted by Gasteiger charge is 2.07. The van der Waals surface area contributed by atoms with Crippen molar-refractivity contribution in [1.82, 2.24) is 15.0 Å². The molecule has 0 aliphatic rings. The molecule has 1 heterocycles. The van der Waals surface area contributed by atoms with Crippen molar-refractivity contribution in [2.24, 2.45) is 0 Å². The summed E-state index contributed by atoms with van der Waals surface area (Å²) >= 11 is 5.92. The van der Waals surface area contributed by atoms with Gasteiger partial charge in [0.25, 0.3) is 0 Å². The maximum atomic E-state index is 5.92. The Morgan fingerprint density at radius 1 is 1.44 bits per heavy atom. The number of nitrogens with zero attached hydrogens (tertiary/aromatic N) is 3. The van der Waals surface area contributed by atoms with Gasteiger partial charge < -0.3 is 5.73 Å². The van der Waals surface area contributed by atoms with Gasteiger partial charge in [0, 0.05) is 22.8 Å². The number of aromatic nitrogens is 3. The Hall–Kier alpha value is -1.55. The predicted octanol–water partition coefficient (Wildman–Crippen LogP) is 2.59. The Balaban J connectivity index is 2.38. The molecule has 0 spiro atoms. The van der Waals surface area contributed by atoms with Crippen molar-refractivity contribution in [3.8, 4) is 11.3 Å². The normalized spacial score (nSPS) is 10.6. The van der Waals surface area contributed by atoms with E-state index in [-0.39, 0.29) is 0 Å². The molecule has 0 saturated heterocycles. The van der Waals surface area contributed by atoms with E-state index in [9.17, 15) is 0 Å². The van der Waals surface area contributed by atoms with Gasteiger partial charge in [0.05, 0.1) is 6.20 Å². The van der Waals surface area contributed by atoms with E-state index in [1.807, 2.05) is 6.20 Å². The van der Waals surface area contributed by atoms with Crippen molar-refractivity contribution in [1.29, 1.82) is 0 Å². The minimum Gasteiger partial charge on any atom is -0.398 e. The fourth-order valence-electron chi connectivity index (χ4n) is 1.51. The molecule has 4 nitrogen and oxygen atoms in total. The largest absolute Gasteiger partial charge is 0.398 e. The highest BCUT2D eigenvalue weighted by Crippen LogP contribution is 2.26. The molecule has 16 heavy (non-hydrogen) atoms. The lowest BCUT2D eigenvalue weighted by atomic mass is 10.1. The summed E-state index contributed by atoms with van der Waals surface area (Å²) in [7, 11) is 0. The van der Waals surface area contributed by atoms with E-state index in [2.05, 4.69) is 17.2 Å². The van der Waals surface area contributed by atoms with Gasteiger partial charge in [-0.25, -0.2) is 0 Å². The SMILES string of the molecule is CCCn1cc(-c2cc(Cl)ccc2N)nn1. The first-order chi connectivity index (χ1) is 7.70. The van der Waals surface area contributed by atoms with Crippen LogP contribution >= 0.6 is 11.6 Å². The second-order valence-corrected chi connectivity index (χ2v) is 4.03. The molecule has 2 aromatic rings. The second kappa shape index (κ2) is 4.53. The van der Waals surface area contributed by atoms with Gasteiger partial charge in [-0.2, -0.15) is 0 Å². The highest BCUT2D eigenvalue weighted by molar-refractivity contribution is 6.31. The van der Waals surface area contributed by atoms with Crippen LogP contribution in [0.25, 0.3) is 11.3 Å². The van der Waals surface area contributed by atoms with Crippen LogP contribution in [0.2, 0.25) is 5.02 Å². The molecule has 1 aromatic heterocycles. The smallest absolute Gasteiger partial charge is 0.115 e. The van der Waals surface area contributed by atoms with Crippen LogP contribution in [0.15, 0.2) is 24.4 Å². The van der Waals surface area contributed by atoms with Gasteiger partial charge in [-0.15, -0.1) is 5.10 Å². The third kappa shape index (κ3) is 2.17. The second-order valence-electron chi connectivity index (χ2n) is 3.60. The summed E-state index contributed by atoms with van der Waals surface area (Å²) < 4.78 is 1.80. The minimum atomic E-state index is 0.647. The van der Waals surface area contributed by atoms with Crippen molar-refractivity contribution >= 4 is 17.3 Å². The standard InChI is InChI=1S/C11H13ClN4/c1-2-5-16-7-11(14-15-16)9-6-8(12)3-4-10(9)13/h3-4,6-7H,2,5,13H2,1H3. The summed E-state index contributed by atoms with van der Waals surface area (Å²) in [6, 6.07) is 5.34. The number of nitrogens with two attached hydrogens (primary N) is 1. The average molecular weight is 237 g/mol. The molecule has 0 amide bonds. The van der Waals surface area contributed by atoms with E-state index in [0.717, 1.165) is 24.2 Å². The first kappa shape index (κ1) is 11.0. The minimum absolute atomic E-state index is 0.647. The summed E-state index contributed by atoms with van der Waals surface area (Å²) in [4.78, 5) is 0. The number of benzene rings is 1. The van der Waals surface area contributed by atoms with Crippen molar-refractivity contribution in [2.75, 3.05) is 5.73 Å². The summed E-state index contributed by atoms with van der Waals surface area (Å²) in [6.07, 6.45) is 2.90. The maximum absolute atomic E-state index is 5.92. The number of rotatable bonds is 3. The zero-order chi connectivity index (χ0) is 11.5. The number of aryl methyl sites for hydroxylation is 1. The molecule has 0 radical (unpaired) electrons. The number of hydrogen-bond acceptors (Lipinski definition) is 3. The lowest BCUT2D eigenvalue weighted by molar-refractivity contribution is 0.579. The zero-order valence-electron chi connectivity index (χ0n) is 9.02. The van der Waals surface area contributed by atoms with E-state index in [4.69, 9.17) is 17.3 Å². The molecule has 84 valence electrons. The number of halogens is 1. The first-order valence-electron chi connectivity index (χ1n) is 5.16. The van der Waals surface area contributed by atoms with E-state index in [1.54, 1.807) is 22.9 Å². The molecule has 0 bridgehead atoms. The van der Waals surface area contributed by atoms with Gasteiger partial charge in [-0.3, -0.25) is 4.68 Å². The van der Waals surface area contributed by atoms with Gasteiger partial charge in [-0.05, 0) is 24.6 Å². The molecule has 0 atom stereocenters. The van der Waals surface area contributed by atoms with Gasteiger partial charge in [0.2, 0.25) is 0 Å². The van der Waals surface area contributed by atoms with Crippen LogP contribution in [0.3, 0.4) is 0 Å². The fourth-order valence-corrected chi connectivity index (χ4v) is 1.68.